The summed E-state index contributed by atoms with van der Waals surface area (Å²) >= 11 is 6.11. The first-order valence-corrected chi connectivity index (χ1v) is 9.77. The third-order valence-electron chi connectivity index (χ3n) is 5.31. The van der Waals surface area contributed by atoms with Crippen molar-refractivity contribution in [2.45, 2.75) is 20.0 Å². The Hall–Kier alpha value is -2.58. The van der Waals surface area contributed by atoms with Gasteiger partial charge in [-0.2, -0.15) is 0 Å². The summed E-state index contributed by atoms with van der Waals surface area (Å²) in [6, 6.07) is 7.91. The van der Waals surface area contributed by atoms with Gasteiger partial charge in [-0.1, -0.05) is 17.7 Å². The van der Waals surface area contributed by atoms with E-state index in [0.29, 0.717) is 24.3 Å². The van der Waals surface area contributed by atoms with E-state index in [-0.39, 0.29) is 5.56 Å². The highest BCUT2D eigenvalue weighted by Gasteiger charge is 2.22. The van der Waals surface area contributed by atoms with Crippen LogP contribution in [0.2, 0.25) is 5.02 Å². The van der Waals surface area contributed by atoms with Crippen LogP contribution in [0, 0.1) is 0 Å². The van der Waals surface area contributed by atoms with Crippen molar-refractivity contribution in [1.29, 1.82) is 0 Å². The standard InChI is InChI=1S/C19H23ClN6O2/c1-3-26-15(21-17-16(26)18(27)22-19(28)23(17)2)12-24-7-9-25(10-8-24)14-6-4-5-13(20)11-14/h4-6,11H,3,7-10,12H2,1-2H3,(H,22,27,28). The lowest BCUT2D eigenvalue weighted by Gasteiger charge is -2.36. The highest BCUT2D eigenvalue weighted by Crippen LogP contribution is 2.21. The van der Waals surface area contributed by atoms with Crippen LogP contribution in [0.5, 0.6) is 0 Å². The number of fused-ring (bicyclic) bond motifs is 1. The lowest BCUT2D eigenvalue weighted by Crippen LogP contribution is -2.46. The number of piperazine rings is 1. The van der Waals surface area contributed by atoms with Crippen molar-refractivity contribution >= 4 is 28.5 Å². The molecule has 1 aromatic carbocycles. The Morgan fingerprint density at radius 3 is 2.61 bits per heavy atom. The fourth-order valence-corrected chi connectivity index (χ4v) is 3.96. The maximum Gasteiger partial charge on any atom is 0.329 e. The number of hydrogen-bond acceptors (Lipinski definition) is 5. The normalized spacial score (nSPS) is 15.5. The third-order valence-corrected chi connectivity index (χ3v) is 5.55. The van der Waals surface area contributed by atoms with Crippen LogP contribution in [0.3, 0.4) is 0 Å². The quantitative estimate of drug-likeness (QED) is 0.714. The molecule has 0 amide bonds. The highest BCUT2D eigenvalue weighted by molar-refractivity contribution is 6.30. The number of hydrogen-bond donors (Lipinski definition) is 1. The average Bonchev–Trinajstić information content (AvgIpc) is 3.05. The molecule has 28 heavy (non-hydrogen) atoms. The SMILES string of the molecule is CCn1c(CN2CCN(c3cccc(Cl)c3)CC2)nc2c1c(=O)[nH]c(=O)n2C. The highest BCUT2D eigenvalue weighted by atomic mass is 35.5. The fourth-order valence-electron chi connectivity index (χ4n) is 3.78. The zero-order valence-corrected chi connectivity index (χ0v) is 16.7. The summed E-state index contributed by atoms with van der Waals surface area (Å²) in [5.41, 5.74) is 1.19. The van der Waals surface area contributed by atoms with E-state index in [1.54, 1.807) is 7.05 Å². The monoisotopic (exact) mass is 402 g/mol. The molecule has 0 unspecified atom stereocenters. The van der Waals surface area contributed by atoms with Gasteiger partial charge in [0.2, 0.25) is 0 Å². The molecule has 0 aliphatic carbocycles. The topological polar surface area (TPSA) is 79.2 Å². The number of H-pyrrole nitrogens is 1. The molecule has 1 saturated heterocycles. The molecule has 3 heterocycles. The molecule has 1 N–H and O–H groups in total. The summed E-state index contributed by atoms with van der Waals surface area (Å²) in [5, 5.41) is 0.743. The Balaban J connectivity index is 1.55. The van der Waals surface area contributed by atoms with Gasteiger partial charge in [-0.15, -0.1) is 0 Å². The Morgan fingerprint density at radius 1 is 1.18 bits per heavy atom. The molecule has 9 heteroatoms. The van der Waals surface area contributed by atoms with Crippen LogP contribution >= 0.6 is 11.6 Å². The maximum absolute atomic E-state index is 12.3. The van der Waals surface area contributed by atoms with E-state index in [2.05, 4.69) is 25.8 Å². The van der Waals surface area contributed by atoms with Gasteiger partial charge in [0.15, 0.2) is 11.2 Å². The zero-order valence-electron chi connectivity index (χ0n) is 16.0. The second kappa shape index (κ2) is 7.44. The number of nitrogens with one attached hydrogen (secondary N) is 1. The summed E-state index contributed by atoms with van der Waals surface area (Å²) in [5.74, 6) is 0.806. The first-order valence-electron chi connectivity index (χ1n) is 9.39. The van der Waals surface area contributed by atoms with Crippen molar-refractivity contribution in [2.24, 2.45) is 7.05 Å². The molecule has 1 aliphatic heterocycles. The van der Waals surface area contributed by atoms with Crippen LogP contribution in [-0.2, 0) is 20.1 Å². The van der Waals surface area contributed by atoms with Gasteiger partial charge in [0.25, 0.3) is 5.56 Å². The van der Waals surface area contributed by atoms with Gasteiger partial charge in [0.05, 0.1) is 6.54 Å². The molecule has 1 aliphatic rings. The van der Waals surface area contributed by atoms with Crippen LogP contribution in [0.25, 0.3) is 11.2 Å². The maximum atomic E-state index is 12.3. The smallest absolute Gasteiger partial charge is 0.329 e. The van der Waals surface area contributed by atoms with E-state index < -0.39 is 5.69 Å². The van der Waals surface area contributed by atoms with Gasteiger partial charge >= 0.3 is 5.69 Å². The van der Waals surface area contributed by atoms with Crippen molar-refractivity contribution in [3.63, 3.8) is 0 Å². The van der Waals surface area contributed by atoms with E-state index in [9.17, 15) is 9.59 Å². The largest absolute Gasteiger partial charge is 0.369 e. The van der Waals surface area contributed by atoms with Crippen molar-refractivity contribution in [3.8, 4) is 0 Å². The Bertz CT molecular complexity index is 1120. The molecule has 0 radical (unpaired) electrons. The second-order valence-corrected chi connectivity index (χ2v) is 7.44. The first-order chi connectivity index (χ1) is 13.5. The van der Waals surface area contributed by atoms with Crippen LogP contribution in [0.4, 0.5) is 5.69 Å². The van der Waals surface area contributed by atoms with E-state index >= 15 is 0 Å². The van der Waals surface area contributed by atoms with Crippen molar-refractivity contribution in [3.05, 3.63) is 56.0 Å². The van der Waals surface area contributed by atoms with E-state index in [0.717, 1.165) is 42.7 Å². The molecular formula is C19H23ClN6O2. The first kappa shape index (κ1) is 18.8. The summed E-state index contributed by atoms with van der Waals surface area (Å²) in [6.45, 7) is 6.79. The number of nitrogens with zero attached hydrogens (tertiary/aromatic N) is 5. The summed E-state index contributed by atoms with van der Waals surface area (Å²) < 4.78 is 3.29. The Morgan fingerprint density at radius 2 is 1.93 bits per heavy atom. The van der Waals surface area contributed by atoms with Gasteiger partial charge in [-0.3, -0.25) is 19.2 Å². The molecule has 0 spiro atoms. The summed E-state index contributed by atoms with van der Waals surface area (Å²) in [7, 11) is 1.63. The number of aryl methyl sites for hydroxylation is 2. The second-order valence-electron chi connectivity index (χ2n) is 7.01. The lowest BCUT2D eigenvalue weighted by atomic mass is 10.2. The van der Waals surface area contributed by atoms with Crippen LogP contribution in [0.1, 0.15) is 12.7 Å². The molecule has 0 bridgehead atoms. The van der Waals surface area contributed by atoms with Gasteiger partial charge in [0, 0.05) is 50.5 Å². The molecule has 148 valence electrons. The van der Waals surface area contributed by atoms with Crippen LogP contribution in [0.15, 0.2) is 33.9 Å². The van der Waals surface area contributed by atoms with Crippen LogP contribution in [-0.4, -0.2) is 50.2 Å². The molecular weight excluding hydrogens is 380 g/mol. The molecule has 0 atom stereocenters. The van der Waals surface area contributed by atoms with Gasteiger partial charge < -0.3 is 9.47 Å². The number of anilines is 1. The number of aromatic amines is 1. The molecule has 2 aromatic heterocycles. The Kier molecular flexibility index (Phi) is 4.99. The molecule has 8 nitrogen and oxygen atoms in total. The predicted molar refractivity (Wildman–Crippen MR) is 110 cm³/mol. The van der Waals surface area contributed by atoms with Gasteiger partial charge in [-0.05, 0) is 25.1 Å². The molecule has 1 fully saturated rings. The van der Waals surface area contributed by atoms with E-state index in [1.807, 2.05) is 29.7 Å². The Labute approximate surface area is 167 Å². The third kappa shape index (κ3) is 3.33. The zero-order chi connectivity index (χ0) is 19.8. The van der Waals surface area contributed by atoms with E-state index in [1.165, 1.54) is 4.57 Å². The van der Waals surface area contributed by atoms with E-state index in [4.69, 9.17) is 11.6 Å². The number of halogens is 1. The van der Waals surface area contributed by atoms with Crippen molar-refractivity contribution < 1.29 is 0 Å². The summed E-state index contributed by atoms with van der Waals surface area (Å²) in [6.07, 6.45) is 0. The average molecular weight is 403 g/mol. The minimum absolute atomic E-state index is 0.385. The lowest BCUT2D eigenvalue weighted by molar-refractivity contribution is 0.241. The number of rotatable bonds is 4. The fraction of sp³-hybridized carbons (Fsp3) is 0.421. The number of aromatic nitrogens is 4. The summed E-state index contributed by atoms with van der Waals surface area (Å²) in [4.78, 5) is 35.8. The molecule has 3 aromatic rings. The number of benzene rings is 1. The minimum Gasteiger partial charge on any atom is -0.369 e. The van der Waals surface area contributed by atoms with Gasteiger partial charge in [0.1, 0.15) is 5.82 Å². The molecule has 4 rings (SSSR count). The minimum atomic E-state index is -0.445. The number of imidazole rings is 1. The van der Waals surface area contributed by atoms with Crippen LogP contribution < -0.4 is 16.1 Å². The van der Waals surface area contributed by atoms with Crippen molar-refractivity contribution in [1.82, 2.24) is 24.0 Å². The van der Waals surface area contributed by atoms with Gasteiger partial charge in [-0.25, -0.2) is 9.78 Å². The van der Waals surface area contributed by atoms with Crippen molar-refractivity contribution in [2.75, 3.05) is 31.1 Å². The molecule has 0 saturated carbocycles. The predicted octanol–water partition coefficient (Wildman–Crippen LogP) is 1.42.